The first-order valence-electron chi connectivity index (χ1n) is 28.4. The molecule has 2 atom stereocenters. The van der Waals surface area contributed by atoms with Gasteiger partial charge in [0.15, 0.2) is 0 Å². The minimum absolute atomic E-state index is 0.00599. The van der Waals surface area contributed by atoms with E-state index >= 15 is 4.39 Å². The zero-order chi connectivity index (χ0) is 58.2. The Kier molecular flexibility index (Phi) is 18.8. The number of rotatable bonds is 15. The molecule has 18 nitrogen and oxygen atoms in total. The molecule has 2 N–H and O–H groups in total. The van der Waals surface area contributed by atoms with Gasteiger partial charge in [0.05, 0.1) is 29.7 Å². The summed E-state index contributed by atoms with van der Waals surface area (Å²) in [5.41, 5.74) is 1.34. The third-order valence-electron chi connectivity index (χ3n) is 16.1. The van der Waals surface area contributed by atoms with Gasteiger partial charge in [-0.25, -0.2) is 23.1 Å². The van der Waals surface area contributed by atoms with Crippen molar-refractivity contribution in [3.05, 3.63) is 146 Å². The normalized spacial score (nSPS) is 18.1. The molecule has 9 rings (SSSR count). The topological polar surface area (TPSA) is 192 Å². The van der Waals surface area contributed by atoms with Crippen LogP contribution in [0.3, 0.4) is 0 Å². The maximum Gasteiger partial charge on any atom is 0.411 e. The number of carbonyl (C=O) groups is 6. The van der Waals surface area contributed by atoms with Crippen molar-refractivity contribution >= 4 is 46.4 Å². The smallest absolute Gasteiger partial charge is 0.411 e. The van der Waals surface area contributed by atoms with E-state index in [-0.39, 0.29) is 66.5 Å². The average Bonchev–Trinajstić information content (AvgIpc) is 3.51. The second-order valence-electron chi connectivity index (χ2n) is 23.1. The number of benzene rings is 4. The molecule has 6 amide bonds. The first-order chi connectivity index (χ1) is 39.2. The molecule has 4 fully saturated rings. The Morgan fingerprint density at radius 2 is 1.44 bits per heavy atom. The molecule has 4 aliphatic heterocycles. The van der Waals surface area contributed by atoms with E-state index in [1.807, 2.05) is 18.2 Å². The van der Waals surface area contributed by atoms with Crippen molar-refractivity contribution in [2.75, 3.05) is 98.2 Å². The highest BCUT2D eigenvalue weighted by atomic mass is 19.1. The lowest BCUT2D eigenvalue weighted by Crippen LogP contribution is -2.55. The summed E-state index contributed by atoms with van der Waals surface area (Å²) in [4.78, 5) is 106. The van der Waals surface area contributed by atoms with Crippen LogP contribution in [0, 0.1) is 23.4 Å². The Hall–Kier alpha value is -7.65. The van der Waals surface area contributed by atoms with E-state index in [4.69, 9.17) is 4.74 Å². The molecule has 4 saturated heterocycles. The first-order valence-corrected chi connectivity index (χ1v) is 28.4. The molecule has 0 spiro atoms. The molecule has 5 heterocycles. The number of ether oxygens (including phenoxy) is 1. The summed E-state index contributed by atoms with van der Waals surface area (Å²) in [5.74, 6) is -3.23. The van der Waals surface area contributed by atoms with Gasteiger partial charge >= 0.3 is 6.09 Å². The maximum atomic E-state index is 15.1. The van der Waals surface area contributed by atoms with Crippen LogP contribution in [0.15, 0.2) is 89.7 Å². The van der Waals surface area contributed by atoms with Gasteiger partial charge < -0.3 is 29.7 Å². The molecule has 82 heavy (non-hydrogen) atoms. The van der Waals surface area contributed by atoms with Crippen LogP contribution in [0.1, 0.15) is 102 Å². The van der Waals surface area contributed by atoms with Crippen LogP contribution in [-0.4, -0.2) is 190 Å². The van der Waals surface area contributed by atoms with Gasteiger partial charge in [-0.2, -0.15) is 5.10 Å². The Labute approximate surface area is 475 Å². The number of aromatic amines is 1. The number of amides is 6. The number of carbonyl (C=O) groups excluding carboxylic acids is 6. The highest BCUT2D eigenvalue weighted by Gasteiger charge is 2.33. The Balaban J connectivity index is 0.676. The quantitative estimate of drug-likeness (QED) is 0.124. The van der Waals surface area contributed by atoms with Crippen LogP contribution in [-0.2, 0) is 32.1 Å². The van der Waals surface area contributed by atoms with E-state index < -0.39 is 47.0 Å². The highest BCUT2D eigenvalue weighted by molar-refractivity contribution is 5.98. The van der Waals surface area contributed by atoms with E-state index in [0.29, 0.717) is 105 Å². The van der Waals surface area contributed by atoms with Crippen molar-refractivity contribution in [2.24, 2.45) is 5.92 Å². The molecular formula is C61H73F3N10O8. The lowest BCUT2D eigenvalue weighted by molar-refractivity contribution is -0.135. The molecule has 21 heteroatoms. The molecule has 0 aliphatic carbocycles. The lowest BCUT2D eigenvalue weighted by Gasteiger charge is -2.40. The van der Waals surface area contributed by atoms with Gasteiger partial charge in [0.25, 0.3) is 17.4 Å². The van der Waals surface area contributed by atoms with Crippen molar-refractivity contribution in [1.29, 1.82) is 0 Å². The molecule has 436 valence electrons. The number of likely N-dealkylation sites (tertiary alicyclic amines) is 2. The van der Waals surface area contributed by atoms with Gasteiger partial charge in [-0.05, 0) is 120 Å². The number of piperidine rings is 2. The van der Waals surface area contributed by atoms with Crippen LogP contribution in [0.2, 0.25) is 0 Å². The molecule has 4 aliphatic rings. The first kappa shape index (κ1) is 59.0. The van der Waals surface area contributed by atoms with Crippen LogP contribution in [0.25, 0.3) is 10.8 Å². The molecule has 4 aromatic carbocycles. The summed E-state index contributed by atoms with van der Waals surface area (Å²) in [5, 5.41) is 10.8. The molecular weight excluding hydrogens is 1060 g/mol. The largest absolute Gasteiger partial charge is 0.444 e. The number of hydrogen-bond acceptors (Lipinski definition) is 11. The number of H-pyrrole nitrogens is 1. The average molecular weight is 1130 g/mol. The van der Waals surface area contributed by atoms with E-state index in [1.54, 1.807) is 89.8 Å². The Morgan fingerprint density at radius 3 is 2.16 bits per heavy atom. The summed E-state index contributed by atoms with van der Waals surface area (Å²) in [6.45, 7) is 13.4. The lowest BCUT2D eigenvalue weighted by atomic mass is 9.89. The third-order valence-corrected chi connectivity index (χ3v) is 16.1. The Bertz CT molecular complexity index is 3220. The second kappa shape index (κ2) is 26.1. The number of fused-ring (bicyclic) bond motifs is 1. The summed E-state index contributed by atoms with van der Waals surface area (Å²) < 4.78 is 49.0. The molecule has 0 bridgehead atoms. The van der Waals surface area contributed by atoms with Gasteiger partial charge in [-0.15, -0.1) is 0 Å². The summed E-state index contributed by atoms with van der Waals surface area (Å²) in [6, 6.07) is 21.0. The van der Waals surface area contributed by atoms with Gasteiger partial charge in [-0.3, -0.25) is 43.5 Å². The standard InChI is InChI=1S/C61H73F3N10O8/c1-40(65-56(77)44-10-7-9-43(33-44)45-11-8-20-73(36-45)55(76)39-74(60(81)82-61(2,3)4)37-46-15-16-47(62)34-52(46)64)58(79)71-25-23-69(24-26-71)35-41-18-21-68(22-19-41)38-54(75)70-27-29-72(30-28-70)59(80)50-31-42(14-17-51(50)63)32-53-48-12-5-6-13-49(48)57(78)67-66-53/h5-7,9-10,12-17,31,33-34,40-41,45H,8,11,18-30,32,35-39H2,1-4H3,(H,65,77)(H,67,78)/t40-,45?/m1/s1. The predicted octanol–water partition coefficient (Wildman–Crippen LogP) is 6.03. The monoisotopic (exact) mass is 1130 g/mol. The zero-order valence-corrected chi connectivity index (χ0v) is 47.1. The van der Waals surface area contributed by atoms with Crippen molar-refractivity contribution in [3.8, 4) is 0 Å². The maximum absolute atomic E-state index is 15.1. The second-order valence-corrected chi connectivity index (χ2v) is 23.1. The fraction of sp³-hybridized carbons (Fsp3) is 0.475. The number of hydrogen-bond donors (Lipinski definition) is 2. The van der Waals surface area contributed by atoms with Crippen LogP contribution in [0.4, 0.5) is 18.0 Å². The molecule has 1 aromatic heterocycles. The van der Waals surface area contributed by atoms with Crippen molar-refractivity contribution < 1.29 is 46.7 Å². The molecule has 0 saturated carbocycles. The number of nitrogens with one attached hydrogen (secondary N) is 2. The van der Waals surface area contributed by atoms with Gasteiger partial charge in [-0.1, -0.05) is 42.5 Å². The van der Waals surface area contributed by atoms with Crippen LogP contribution in [0.5, 0.6) is 0 Å². The van der Waals surface area contributed by atoms with E-state index in [0.717, 1.165) is 61.5 Å². The number of nitrogens with zero attached hydrogens (tertiary/aromatic N) is 8. The predicted molar refractivity (Wildman–Crippen MR) is 301 cm³/mol. The van der Waals surface area contributed by atoms with E-state index in [9.17, 15) is 42.3 Å². The summed E-state index contributed by atoms with van der Waals surface area (Å²) in [6.07, 6.45) is 2.79. The van der Waals surface area contributed by atoms with Crippen LogP contribution < -0.4 is 10.9 Å². The minimum atomic E-state index is -0.880. The SMILES string of the molecule is C[C@@H](NC(=O)c1cccc(C2CCCN(C(=O)CN(Cc3ccc(F)cc3F)C(=O)OC(C)(C)C)C2)c1)C(=O)N1CCN(CC2CCN(CC(=O)N3CCN(C(=O)c4cc(Cc5n[nH]c(=O)c6ccccc56)ccc4F)CC3)CC2)CC1. The summed E-state index contributed by atoms with van der Waals surface area (Å²) >= 11 is 0. The van der Waals surface area contributed by atoms with Gasteiger partial charge in [0.2, 0.25) is 17.7 Å². The number of halogens is 3. The minimum Gasteiger partial charge on any atom is -0.444 e. The zero-order valence-electron chi connectivity index (χ0n) is 47.1. The number of piperazine rings is 2. The molecule has 5 aromatic rings. The highest BCUT2D eigenvalue weighted by Crippen LogP contribution is 2.29. The van der Waals surface area contributed by atoms with E-state index in [1.165, 1.54) is 12.1 Å². The summed E-state index contributed by atoms with van der Waals surface area (Å²) in [7, 11) is 0. The Morgan fingerprint density at radius 1 is 0.732 bits per heavy atom. The fourth-order valence-corrected chi connectivity index (χ4v) is 11.5. The number of aromatic nitrogens is 2. The fourth-order valence-electron chi connectivity index (χ4n) is 11.5. The van der Waals surface area contributed by atoms with Crippen molar-refractivity contribution in [2.45, 2.75) is 83.9 Å². The van der Waals surface area contributed by atoms with Gasteiger partial charge in [0, 0.05) is 107 Å². The third kappa shape index (κ3) is 14.9. The molecule has 1 unspecified atom stereocenters. The van der Waals surface area contributed by atoms with Crippen LogP contribution >= 0.6 is 0 Å². The van der Waals surface area contributed by atoms with Crippen molar-refractivity contribution in [1.82, 2.24) is 49.8 Å². The van der Waals surface area contributed by atoms with E-state index in [2.05, 4.69) is 25.3 Å². The van der Waals surface area contributed by atoms with Crippen molar-refractivity contribution in [3.63, 3.8) is 0 Å². The molecule has 0 radical (unpaired) electrons. The van der Waals surface area contributed by atoms with Gasteiger partial charge in [0.1, 0.15) is 35.6 Å².